The number of hydrogen-bond acceptors (Lipinski definition) is 2. The number of rotatable bonds is 0. The predicted octanol–water partition coefficient (Wildman–Crippen LogP) is -2.87. The fraction of sp³-hybridized carbons (Fsp3) is 0.400. The molecule has 3 heteroatoms. The molecular formula is C5H5NaO2. The van der Waals surface area contributed by atoms with Crippen LogP contribution in [0.25, 0.3) is 0 Å². The van der Waals surface area contributed by atoms with Gasteiger partial charge in [-0.1, -0.05) is 0 Å². The molecule has 0 amide bonds. The van der Waals surface area contributed by atoms with E-state index < -0.39 is 0 Å². The van der Waals surface area contributed by atoms with Gasteiger partial charge in [0.05, 0.1) is 0 Å². The fourth-order valence-electron chi connectivity index (χ4n) is 0.570. The van der Waals surface area contributed by atoms with E-state index in [1.807, 2.05) is 0 Å². The molecule has 38 valence electrons. The van der Waals surface area contributed by atoms with Crippen LogP contribution >= 0.6 is 0 Å². The van der Waals surface area contributed by atoms with Gasteiger partial charge in [-0.15, -0.1) is 0 Å². The van der Waals surface area contributed by atoms with Gasteiger partial charge in [0.25, 0.3) is 0 Å². The van der Waals surface area contributed by atoms with E-state index in [-0.39, 0.29) is 41.1 Å². The third-order valence-electron chi connectivity index (χ3n) is 0.940. The molecule has 0 unspecified atom stereocenters. The summed E-state index contributed by atoms with van der Waals surface area (Å²) >= 11 is 0. The first kappa shape index (κ1) is 8.21. The molecule has 2 nitrogen and oxygen atoms in total. The quantitative estimate of drug-likeness (QED) is 0.254. The molecule has 0 aliphatic heterocycles. The number of carbonyl (C=O) groups is 2. The minimum atomic E-state index is -0.0231. The van der Waals surface area contributed by atoms with Crippen LogP contribution < -0.4 is 29.6 Å². The Morgan fingerprint density at radius 2 is 1.50 bits per heavy atom. The minimum absolute atomic E-state index is 0. The van der Waals surface area contributed by atoms with Gasteiger partial charge in [0, 0.05) is 11.6 Å². The summed E-state index contributed by atoms with van der Waals surface area (Å²) in [5.74, 6) is -0.0463. The van der Waals surface area contributed by atoms with Crippen LogP contribution in [0, 0.1) is 6.42 Å². The van der Waals surface area contributed by atoms with Gasteiger partial charge in [-0.2, -0.15) is 0 Å². The van der Waals surface area contributed by atoms with Gasteiger partial charge >= 0.3 is 29.6 Å². The van der Waals surface area contributed by atoms with Crippen LogP contribution in [-0.4, -0.2) is 11.6 Å². The Balaban J connectivity index is 0.000000490. The van der Waals surface area contributed by atoms with Crippen molar-refractivity contribution in [3.05, 3.63) is 6.42 Å². The van der Waals surface area contributed by atoms with Crippen molar-refractivity contribution in [1.29, 1.82) is 0 Å². The van der Waals surface area contributed by atoms with E-state index in [0.29, 0.717) is 12.8 Å². The SMILES string of the molecule is O=C1[CH-]C(=O)CC1.[Na+]. The normalized spacial score (nSPS) is 17.5. The van der Waals surface area contributed by atoms with Crippen molar-refractivity contribution in [2.24, 2.45) is 0 Å². The van der Waals surface area contributed by atoms with Gasteiger partial charge in [-0.05, 0) is 12.8 Å². The molecule has 1 saturated carbocycles. The average molecular weight is 120 g/mol. The summed E-state index contributed by atoms with van der Waals surface area (Å²) in [6.07, 6.45) is 2.03. The minimum Gasteiger partial charge on any atom is -0.334 e. The Hall–Kier alpha value is 0.210. The Morgan fingerprint density at radius 1 is 1.12 bits per heavy atom. The molecule has 0 radical (unpaired) electrons. The van der Waals surface area contributed by atoms with Gasteiger partial charge < -0.3 is 9.59 Å². The Morgan fingerprint density at radius 3 is 1.62 bits per heavy atom. The molecule has 0 aromatic carbocycles. The van der Waals surface area contributed by atoms with Crippen molar-refractivity contribution in [2.45, 2.75) is 12.8 Å². The number of carbonyl (C=O) groups excluding carboxylic acids is 2. The monoisotopic (exact) mass is 120 g/mol. The van der Waals surface area contributed by atoms with Crippen molar-refractivity contribution in [3.63, 3.8) is 0 Å². The molecule has 0 N–H and O–H groups in total. The Labute approximate surface area is 69.9 Å². The van der Waals surface area contributed by atoms with Crippen LogP contribution in [0.15, 0.2) is 0 Å². The Bertz CT molecular complexity index is 106. The largest absolute Gasteiger partial charge is 1.00 e. The average Bonchev–Trinajstić information content (AvgIpc) is 1.87. The van der Waals surface area contributed by atoms with Crippen LogP contribution in [0.3, 0.4) is 0 Å². The maximum absolute atomic E-state index is 10.2. The molecule has 0 heterocycles. The number of hydrogen-bond donors (Lipinski definition) is 0. The summed E-state index contributed by atoms with van der Waals surface area (Å²) in [6.45, 7) is 0. The summed E-state index contributed by atoms with van der Waals surface area (Å²) in [6, 6.07) is 0. The van der Waals surface area contributed by atoms with E-state index >= 15 is 0 Å². The zero-order chi connectivity index (χ0) is 5.28. The smallest absolute Gasteiger partial charge is 0.334 e. The molecule has 0 aromatic rings. The summed E-state index contributed by atoms with van der Waals surface area (Å²) in [5, 5.41) is 0. The maximum Gasteiger partial charge on any atom is 1.00 e. The standard InChI is InChI=1S/C5H5O2.Na/c6-4-1-2-5(7)3-4;/h3H,1-2H2;/q-1;+1. The molecule has 0 atom stereocenters. The maximum atomic E-state index is 10.2. The van der Waals surface area contributed by atoms with Crippen molar-refractivity contribution in [3.8, 4) is 0 Å². The molecule has 8 heavy (non-hydrogen) atoms. The van der Waals surface area contributed by atoms with Gasteiger partial charge in [0.2, 0.25) is 0 Å². The van der Waals surface area contributed by atoms with Crippen molar-refractivity contribution in [2.75, 3.05) is 0 Å². The molecular weight excluding hydrogens is 115 g/mol. The second-order valence-corrected chi connectivity index (χ2v) is 1.58. The topological polar surface area (TPSA) is 34.1 Å². The van der Waals surface area contributed by atoms with Gasteiger partial charge in [-0.25, -0.2) is 0 Å². The number of ketones is 2. The van der Waals surface area contributed by atoms with Crippen LogP contribution in [0.5, 0.6) is 0 Å². The molecule has 0 aromatic heterocycles. The van der Waals surface area contributed by atoms with Crippen LogP contribution in [0.4, 0.5) is 0 Å². The van der Waals surface area contributed by atoms with E-state index in [4.69, 9.17) is 0 Å². The van der Waals surface area contributed by atoms with E-state index in [2.05, 4.69) is 0 Å². The van der Waals surface area contributed by atoms with Crippen molar-refractivity contribution in [1.82, 2.24) is 0 Å². The summed E-state index contributed by atoms with van der Waals surface area (Å²) in [5.41, 5.74) is 0. The third kappa shape index (κ3) is 1.99. The van der Waals surface area contributed by atoms with Crippen molar-refractivity contribution < 1.29 is 39.1 Å². The zero-order valence-electron chi connectivity index (χ0n) is 4.81. The summed E-state index contributed by atoms with van der Waals surface area (Å²) < 4.78 is 0. The van der Waals surface area contributed by atoms with Crippen LogP contribution in [0.2, 0.25) is 0 Å². The Kier molecular flexibility index (Phi) is 3.36. The first-order chi connectivity index (χ1) is 3.29. The number of Topliss-reactive ketones (excluding diaryl/α,β-unsaturated/α-hetero) is 2. The summed E-state index contributed by atoms with van der Waals surface area (Å²) in [4.78, 5) is 20.4. The second kappa shape index (κ2) is 3.28. The van der Waals surface area contributed by atoms with E-state index in [9.17, 15) is 9.59 Å². The predicted molar refractivity (Wildman–Crippen MR) is 23.5 cm³/mol. The molecule has 1 rings (SSSR count). The third-order valence-corrected chi connectivity index (χ3v) is 0.940. The van der Waals surface area contributed by atoms with E-state index in [1.165, 1.54) is 6.42 Å². The van der Waals surface area contributed by atoms with E-state index in [0.717, 1.165) is 0 Å². The first-order valence-electron chi connectivity index (χ1n) is 2.19. The zero-order valence-corrected chi connectivity index (χ0v) is 6.81. The molecule has 0 saturated heterocycles. The van der Waals surface area contributed by atoms with Gasteiger partial charge in [0.1, 0.15) is 0 Å². The first-order valence-corrected chi connectivity index (χ1v) is 2.19. The van der Waals surface area contributed by atoms with Crippen LogP contribution in [0.1, 0.15) is 12.8 Å². The molecule has 1 fully saturated rings. The van der Waals surface area contributed by atoms with Gasteiger partial charge in [0.15, 0.2) is 0 Å². The fourth-order valence-corrected chi connectivity index (χ4v) is 0.570. The van der Waals surface area contributed by atoms with E-state index in [1.54, 1.807) is 0 Å². The van der Waals surface area contributed by atoms with Gasteiger partial charge in [-0.3, -0.25) is 6.42 Å². The second-order valence-electron chi connectivity index (χ2n) is 1.58. The molecule has 1 aliphatic rings. The van der Waals surface area contributed by atoms with Crippen LogP contribution in [-0.2, 0) is 9.59 Å². The molecule has 0 spiro atoms. The summed E-state index contributed by atoms with van der Waals surface area (Å²) in [7, 11) is 0. The molecule has 0 bridgehead atoms. The molecule has 1 aliphatic carbocycles. The van der Waals surface area contributed by atoms with Crippen molar-refractivity contribution >= 4 is 11.6 Å².